The Kier molecular flexibility index (Phi) is 3.71. The zero-order valence-corrected chi connectivity index (χ0v) is 12.8. The molecule has 1 aromatic carbocycles. The summed E-state index contributed by atoms with van der Waals surface area (Å²) in [6.45, 7) is 1.97. The quantitative estimate of drug-likeness (QED) is 0.866. The van der Waals surface area contributed by atoms with Crippen LogP contribution in [0.4, 0.5) is 0 Å². The lowest BCUT2D eigenvalue weighted by Crippen LogP contribution is -2.33. The third-order valence-corrected chi connectivity index (χ3v) is 4.29. The van der Waals surface area contributed by atoms with Crippen molar-refractivity contribution in [2.75, 3.05) is 7.11 Å². The van der Waals surface area contributed by atoms with Gasteiger partial charge in [-0.05, 0) is 61.1 Å². The summed E-state index contributed by atoms with van der Waals surface area (Å²) < 4.78 is 4.76. The van der Waals surface area contributed by atoms with E-state index in [2.05, 4.69) is 4.98 Å². The standard InChI is InChI=1S/C18H19NO3/c1-12-5-8-16(19-11-12)18(21)9-3-4-13-10-14(17(20)22-2)6-7-15(13)18/h5-8,10-11,21H,3-4,9H2,1-2H3/t18-/m0/s1. The third-order valence-electron chi connectivity index (χ3n) is 4.29. The zero-order valence-electron chi connectivity index (χ0n) is 12.8. The SMILES string of the molecule is COC(=O)c1ccc2c(c1)CCC[C@@]2(O)c1ccc(C)cn1. The van der Waals surface area contributed by atoms with Crippen molar-refractivity contribution in [1.29, 1.82) is 0 Å². The summed E-state index contributed by atoms with van der Waals surface area (Å²) in [5.41, 5.74) is 2.97. The molecular weight excluding hydrogens is 278 g/mol. The van der Waals surface area contributed by atoms with E-state index in [0.717, 1.165) is 29.5 Å². The Morgan fingerprint density at radius 3 is 2.82 bits per heavy atom. The number of carbonyl (C=O) groups excluding carboxylic acids is 1. The van der Waals surface area contributed by atoms with Crippen LogP contribution in [0.1, 0.15) is 45.6 Å². The normalized spacial score (nSPS) is 20.3. The molecule has 2 aromatic rings. The summed E-state index contributed by atoms with van der Waals surface area (Å²) in [6.07, 6.45) is 4.09. The Morgan fingerprint density at radius 1 is 1.32 bits per heavy atom. The first-order valence-corrected chi connectivity index (χ1v) is 7.42. The number of aliphatic hydroxyl groups is 1. The van der Waals surface area contributed by atoms with Gasteiger partial charge in [-0.1, -0.05) is 12.1 Å². The Hall–Kier alpha value is -2.20. The minimum atomic E-state index is -1.09. The molecule has 1 aliphatic rings. The van der Waals surface area contributed by atoms with Crippen molar-refractivity contribution >= 4 is 5.97 Å². The second-order valence-electron chi connectivity index (χ2n) is 5.80. The van der Waals surface area contributed by atoms with Crippen LogP contribution in [0, 0.1) is 6.92 Å². The van der Waals surface area contributed by atoms with E-state index in [9.17, 15) is 9.90 Å². The molecule has 1 aromatic heterocycles. The fourth-order valence-electron chi connectivity index (χ4n) is 3.10. The summed E-state index contributed by atoms with van der Waals surface area (Å²) in [6, 6.07) is 9.17. The summed E-state index contributed by atoms with van der Waals surface area (Å²) >= 11 is 0. The maximum absolute atomic E-state index is 11.7. The van der Waals surface area contributed by atoms with E-state index in [4.69, 9.17) is 4.74 Å². The molecule has 1 aliphatic carbocycles. The number of hydrogen-bond acceptors (Lipinski definition) is 4. The van der Waals surface area contributed by atoms with E-state index in [0.29, 0.717) is 17.7 Å². The number of rotatable bonds is 2. The van der Waals surface area contributed by atoms with Gasteiger partial charge in [0.1, 0.15) is 5.60 Å². The number of benzene rings is 1. The van der Waals surface area contributed by atoms with Crippen molar-refractivity contribution in [2.45, 2.75) is 31.8 Å². The highest BCUT2D eigenvalue weighted by atomic mass is 16.5. The number of pyridine rings is 1. The largest absolute Gasteiger partial charge is 0.465 e. The predicted molar refractivity (Wildman–Crippen MR) is 82.7 cm³/mol. The number of esters is 1. The first kappa shape index (κ1) is 14.7. The topological polar surface area (TPSA) is 59.4 Å². The monoisotopic (exact) mass is 297 g/mol. The van der Waals surface area contributed by atoms with Crippen LogP contribution >= 0.6 is 0 Å². The van der Waals surface area contributed by atoms with Crippen LogP contribution in [0.5, 0.6) is 0 Å². The molecule has 0 aliphatic heterocycles. The van der Waals surface area contributed by atoms with E-state index < -0.39 is 5.60 Å². The molecule has 4 nitrogen and oxygen atoms in total. The maximum Gasteiger partial charge on any atom is 0.337 e. The second-order valence-corrected chi connectivity index (χ2v) is 5.80. The van der Waals surface area contributed by atoms with Crippen LogP contribution in [-0.2, 0) is 16.8 Å². The Bertz CT molecular complexity index is 709. The highest BCUT2D eigenvalue weighted by Crippen LogP contribution is 2.40. The van der Waals surface area contributed by atoms with Gasteiger partial charge in [-0.25, -0.2) is 4.79 Å². The van der Waals surface area contributed by atoms with Crippen LogP contribution in [0.15, 0.2) is 36.5 Å². The molecule has 0 spiro atoms. The summed E-state index contributed by atoms with van der Waals surface area (Å²) in [5.74, 6) is -0.356. The molecule has 0 fully saturated rings. The van der Waals surface area contributed by atoms with Crippen LogP contribution in [0.3, 0.4) is 0 Å². The van der Waals surface area contributed by atoms with Crippen molar-refractivity contribution in [1.82, 2.24) is 4.98 Å². The molecule has 0 saturated carbocycles. The molecule has 4 heteroatoms. The number of hydrogen-bond donors (Lipinski definition) is 1. The van der Waals surface area contributed by atoms with Crippen LogP contribution < -0.4 is 0 Å². The summed E-state index contributed by atoms with van der Waals surface area (Å²) in [7, 11) is 1.37. The fraction of sp³-hybridized carbons (Fsp3) is 0.333. The molecule has 0 radical (unpaired) electrons. The van der Waals surface area contributed by atoms with Gasteiger partial charge in [0.05, 0.1) is 18.4 Å². The number of methoxy groups -OCH3 is 1. The van der Waals surface area contributed by atoms with E-state index >= 15 is 0 Å². The molecule has 1 atom stereocenters. The first-order valence-electron chi connectivity index (χ1n) is 7.42. The molecule has 0 bridgehead atoms. The molecule has 0 amide bonds. The van der Waals surface area contributed by atoms with E-state index in [-0.39, 0.29) is 5.97 Å². The lowest BCUT2D eigenvalue weighted by Gasteiger charge is -2.34. The predicted octanol–water partition coefficient (Wildman–Crippen LogP) is 2.75. The Labute approximate surface area is 129 Å². The van der Waals surface area contributed by atoms with Gasteiger partial charge in [-0.2, -0.15) is 0 Å². The van der Waals surface area contributed by atoms with E-state index in [1.807, 2.05) is 31.2 Å². The van der Waals surface area contributed by atoms with Gasteiger partial charge in [-0.3, -0.25) is 4.98 Å². The van der Waals surface area contributed by atoms with Gasteiger partial charge in [-0.15, -0.1) is 0 Å². The smallest absolute Gasteiger partial charge is 0.337 e. The highest BCUT2D eigenvalue weighted by Gasteiger charge is 2.37. The molecule has 0 unspecified atom stereocenters. The number of fused-ring (bicyclic) bond motifs is 1. The van der Waals surface area contributed by atoms with Gasteiger partial charge in [0.2, 0.25) is 0 Å². The van der Waals surface area contributed by atoms with E-state index in [1.54, 1.807) is 12.3 Å². The van der Waals surface area contributed by atoms with Crippen LogP contribution in [-0.4, -0.2) is 23.2 Å². The molecule has 1 N–H and O–H groups in total. The molecular formula is C18H19NO3. The van der Waals surface area contributed by atoms with E-state index in [1.165, 1.54) is 7.11 Å². The maximum atomic E-state index is 11.7. The number of aryl methyl sites for hydroxylation is 2. The van der Waals surface area contributed by atoms with Gasteiger partial charge >= 0.3 is 5.97 Å². The minimum Gasteiger partial charge on any atom is -0.465 e. The van der Waals surface area contributed by atoms with Crippen molar-refractivity contribution in [3.8, 4) is 0 Å². The number of nitrogens with zero attached hydrogens (tertiary/aromatic N) is 1. The zero-order chi connectivity index (χ0) is 15.7. The first-order chi connectivity index (χ1) is 10.5. The number of carbonyl (C=O) groups is 1. The fourth-order valence-corrected chi connectivity index (χ4v) is 3.10. The number of ether oxygens (including phenoxy) is 1. The van der Waals surface area contributed by atoms with Crippen molar-refractivity contribution < 1.29 is 14.6 Å². The van der Waals surface area contributed by atoms with Crippen LogP contribution in [0.25, 0.3) is 0 Å². The van der Waals surface area contributed by atoms with Gasteiger partial charge < -0.3 is 9.84 Å². The Balaban J connectivity index is 2.07. The molecule has 114 valence electrons. The van der Waals surface area contributed by atoms with Crippen molar-refractivity contribution in [2.24, 2.45) is 0 Å². The lowest BCUT2D eigenvalue weighted by molar-refractivity contribution is 0.0559. The van der Waals surface area contributed by atoms with Crippen molar-refractivity contribution in [3.63, 3.8) is 0 Å². The second kappa shape index (κ2) is 5.54. The molecule has 0 saturated heterocycles. The summed E-state index contributed by atoms with van der Waals surface area (Å²) in [5, 5.41) is 11.2. The van der Waals surface area contributed by atoms with Gasteiger partial charge in [0.15, 0.2) is 0 Å². The number of aromatic nitrogens is 1. The molecule has 22 heavy (non-hydrogen) atoms. The third kappa shape index (κ3) is 2.40. The molecule has 1 heterocycles. The highest BCUT2D eigenvalue weighted by molar-refractivity contribution is 5.89. The van der Waals surface area contributed by atoms with Crippen molar-refractivity contribution in [3.05, 3.63) is 64.5 Å². The molecule has 3 rings (SSSR count). The van der Waals surface area contributed by atoms with Gasteiger partial charge in [0.25, 0.3) is 0 Å². The average molecular weight is 297 g/mol. The average Bonchev–Trinajstić information content (AvgIpc) is 2.54. The summed E-state index contributed by atoms with van der Waals surface area (Å²) in [4.78, 5) is 16.1. The van der Waals surface area contributed by atoms with Gasteiger partial charge in [0, 0.05) is 6.20 Å². The Morgan fingerprint density at radius 2 is 2.14 bits per heavy atom. The van der Waals surface area contributed by atoms with Crippen LogP contribution in [0.2, 0.25) is 0 Å². The minimum absolute atomic E-state index is 0.356. The lowest BCUT2D eigenvalue weighted by atomic mass is 9.76.